The number of ether oxygens (including phenoxy) is 2. The van der Waals surface area contributed by atoms with Crippen LogP contribution in [0.25, 0.3) is 11.3 Å². The molecule has 0 fully saturated rings. The van der Waals surface area contributed by atoms with Crippen molar-refractivity contribution in [3.63, 3.8) is 0 Å². The predicted molar refractivity (Wildman–Crippen MR) is 69.3 cm³/mol. The molecule has 0 amide bonds. The van der Waals surface area contributed by atoms with Gasteiger partial charge in [0.05, 0.1) is 26.5 Å². The third-order valence-corrected chi connectivity index (χ3v) is 2.74. The van der Waals surface area contributed by atoms with Crippen LogP contribution in [0.4, 0.5) is 0 Å². The van der Waals surface area contributed by atoms with Crippen LogP contribution >= 0.6 is 0 Å². The van der Waals surface area contributed by atoms with E-state index in [1.807, 2.05) is 0 Å². The number of nitrogens with one attached hydrogen (secondary N) is 1. The lowest BCUT2D eigenvalue weighted by atomic mass is 10.1. The van der Waals surface area contributed by atoms with Crippen molar-refractivity contribution >= 4 is 0 Å². The molecule has 0 aliphatic heterocycles. The number of aromatic amines is 1. The molecule has 1 heterocycles. The lowest BCUT2D eigenvalue weighted by Crippen LogP contribution is -2.14. The van der Waals surface area contributed by atoms with Gasteiger partial charge in [0.2, 0.25) is 0 Å². The summed E-state index contributed by atoms with van der Waals surface area (Å²) in [5.41, 5.74) is 1.07. The zero-order valence-corrected chi connectivity index (χ0v) is 10.6. The van der Waals surface area contributed by atoms with Gasteiger partial charge in [-0.25, -0.2) is 5.10 Å². The maximum Gasteiger partial charge on any atom is 0.269 e. The van der Waals surface area contributed by atoms with E-state index in [-0.39, 0.29) is 12.2 Å². The first-order valence-corrected chi connectivity index (χ1v) is 5.61. The van der Waals surface area contributed by atoms with Crippen LogP contribution in [0.2, 0.25) is 0 Å². The second kappa shape index (κ2) is 5.53. The van der Waals surface area contributed by atoms with Crippen LogP contribution in [0.1, 0.15) is 5.56 Å². The van der Waals surface area contributed by atoms with E-state index in [4.69, 9.17) is 14.6 Å². The molecule has 0 radical (unpaired) electrons. The molecule has 19 heavy (non-hydrogen) atoms. The Bertz CT molecular complexity index is 637. The van der Waals surface area contributed by atoms with Crippen molar-refractivity contribution in [3.8, 4) is 22.8 Å². The summed E-state index contributed by atoms with van der Waals surface area (Å²) in [6, 6.07) is 6.80. The molecule has 0 spiro atoms. The quantitative estimate of drug-likeness (QED) is 0.856. The van der Waals surface area contributed by atoms with Crippen molar-refractivity contribution in [2.24, 2.45) is 0 Å². The number of aliphatic hydroxyl groups excluding tert-OH is 1. The highest BCUT2D eigenvalue weighted by Crippen LogP contribution is 2.31. The molecule has 2 rings (SSSR count). The maximum absolute atomic E-state index is 11.4. The second-order valence-electron chi connectivity index (χ2n) is 3.83. The van der Waals surface area contributed by atoms with E-state index in [9.17, 15) is 4.79 Å². The standard InChI is InChI=1S/C13H14N2O4/c1-18-9-3-4-10(12(6-9)19-2)11-5-8(7-16)13(17)15-14-11/h3-6,16H,7H2,1-2H3,(H,15,17). The molecule has 0 saturated heterocycles. The average molecular weight is 262 g/mol. The minimum Gasteiger partial charge on any atom is -0.497 e. The van der Waals surface area contributed by atoms with Gasteiger partial charge in [-0.05, 0) is 18.2 Å². The number of hydrogen-bond donors (Lipinski definition) is 2. The summed E-state index contributed by atoms with van der Waals surface area (Å²) in [5, 5.41) is 15.4. The minimum atomic E-state index is -0.404. The van der Waals surface area contributed by atoms with Crippen LogP contribution in [0.5, 0.6) is 11.5 Å². The van der Waals surface area contributed by atoms with Crippen LogP contribution in [0.3, 0.4) is 0 Å². The molecule has 6 nitrogen and oxygen atoms in total. The van der Waals surface area contributed by atoms with Crippen LogP contribution in [0, 0.1) is 0 Å². The van der Waals surface area contributed by atoms with Crippen LogP contribution in [0.15, 0.2) is 29.1 Å². The van der Waals surface area contributed by atoms with Crippen molar-refractivity contribution in [1.82, 2.24) is 10.2 Å². The summed E-state index contributed by atoms with van der Waals surface area (Å²) in [6.07, 6.45) is 0. The maximum atomic E-state index is 11.4. The number of hydrogen-bond acceptors (Lipinski definition) is 5. The summed E-state index contributed by atoms with van der Waals surface area (Å²) >= 11 is 0. The molecule has 1 aromatic heterocycles. The lowest BCUT2D eigenvalue weighted by molar-refractivity contribution is 0.280. The zero-order valence-electron chi connectivity index (χ0n) is 10.6. The van der Waals surface area contributed by atoms with Crippen LogP contribution in [-0.2, 0) is 6.61 Å². The minimum absolute atomic E-state index is 0.253. The third-order valence-electron chi connectivity index (χ3n) is 2.74. The molecule has 2 aromatic rings. The van der Waals surface area contributed by atoms with E-state index in [0.29, 0.717) is 22.8 Å². The average Bonchev–Trinajstić information content (AvgIpc) is 2.47. The van der Waals surface area contributed by atoms with Gasteiger partial charge >= 0.3 is 0 Å². The molecule has 0 unspecified atom stereocenters. The number of aromatic nitrogens is 2. The second-order valence-corrected chi connectivity index (χ2v) is 3.83. The fourth-order valence-electron chi connectivity index (χ4n) is 1.71. The lowest BCUT2D eigenvalue weighted by Gasteiger charge is -2.10. The van der Waals surface area contributed by atoms with Crippen LogP contribution < -0.4 is 15.0 Å². The van der Waals surface area contributed by atoms with Gasteiger partial charge in [-0.15, -0.1) is 0 Å². The summed E-state index contributed by atoms with van der Waals surface area (Å²) in [4.78, 5) is 11.4. The first kappa shape index (κ1) is 13.1. The first-order valence-electron chi connectivity index (χ1n) is 5.61. The van der Waals surface area contributed by atoms with Gasteiger partial charge in [0.25, 0.3) is 5.56 Å². The summed E-state index contributed by atoms with van der Waals surface area (Å²) in [5.74, 6) is 1.23. The Kier molecular flexibility index (Phi) is 3.82. The Morgan fingerprint density at radius 3 is 2.68 bits per heavy atom. The van der Waals surface area contributed by atoms with E-state index in [1.54, 1.807) is 25.3 Å². The van der Waals surface area contributed by atoms with Gasteiger partial charge in [0.1, 0.15) is 11.5 Å². The van der Waals surface area contributed by atoms with E-state index in [0.717, 1.165) is 0 Å². The number of H-pyrrole nitrogens is 1. The number of nitrogens with zero attached hydrogens (tertiary/aromatic N) is 1. The zero-order chi connectivity index (χ0) is 13.8. The highest BCUT2D eigenvalue weighted by atomic mass is 16.5. The smallest absolute Gasteiger partial charge is 0.269 e. The molecule has 0 aliphatic rings. The summed E-state index contributed by atoms with van der Waals surface area (Å²) < 4.78 is 10.4. The van der Waals surface area contributed by atoms with Crippen molar-refractivity contribution in [3.05, 3.63) is 40.2 Å². The number of aliphatic hydroxyl groups is 1. The number of rotatable bonds is 4. The van der Waals surface area contributed by atoms with Gasteiger partial charge < -0.3 is 14.6 Å². The van der Waals surface area contributed by atoms with Crippen molar-refractivity contribution in [2.75, 3.05) is 14.2 Å². The number of methoxy groups -OCH3 is 2. The largest absolute Gasteiger partial charge is 0.497 e. The van der Waals surface area contributed by atoms with Crippen molar-refractivity contribution in [2.45, 2.75) is 6.61 Å². The fraction of sp³-hybridized carbons (Fsp3) is 0.231. The molecule has 6 heteroatoms. The molecule has 0 bridgehead atoms. The SMILES string of the molecule is COc1ccc(-c2cc(CO)c(=O)[nH]n2)c(OC)c1. The van der Waals surface area contributed by atoms with Crippen molar-refractivity contribution < 1.29 is 14.6 Å². The monoisotopic (exact) mass is 262 g/mol. The van der Waals surface area contributed by atoms with Gasteiger partial charge in [0, 0.05) is 17.2 Å². The molecule has 2 N–H and O–H groups in total. The Morgan fingerprint density at radius 2 is 2.05 bits per heavy atom. The molecule has 100 valence electrons. The Labute approximate surface area is 109 Å². The molecular formula is C13H14N2O4. The highest BCUT2D eigenvalue weighted by molar-refractivity contribution is 5.68. The third kappa shape index (κ3) is 2.58. The van der Waals surface area contributed by atoms with Gasteiger partial charge in [0.15, 0.2) is 0 Å². The fourth-order valence-corrected chi connectivity index (χ4v) is 1.71. The van der Waals surface area contributed by atoms with E-state index >= 15 is 0 Å². The molecule has 0 aliphatic carbocycles. The molecule has 0 atom stereocenters. The Balaban J connectivity index is 2.55. The van der Waals surface area contributed by atoms with Gasteiger partial charge in [-0.1, -0.05) is 0 Å². The summed E-state index contributed by atoms with van der Waals surface area (Å²) in [6.45, 7) is -0.344. The topological polar surface area (TPSA) is 84.4 Å². The highest BCUT2D eigenvalue weighted by Gasteiger charge is 2.11. The van der Waals surface area contributed by atoms with Crippen molar-refractivity contribution in [1.29, 1.82) is 0 Å². The molecule has 0 saturated carbocycles. The van der Waals surface area contributed by atoms with E-state index in [1.165, 1.54) is 13.2 Å². The molecule has 1 aromatic carbocycles. The normalized spacial score (nSPS) is 10.3. The Morgan fingerprint density at radius 1 is 1.26 bits per heavy atom. The predicted octanol–water partition coefficient (Wildman–Crippen LogP) is 0.946. The van der Waals surface area contributed by atoms with E-state index < -0.39 is 5.56 Å². The van der Waals surface area contributed by atoms with Gasteiger partial charge in [-0.2, -0.15) is 5.10 Å². The number of benzene rings is 1. The van der Waals surface area contributed by atoms with Gasteiger partial charge in [-0.3, -0.25) is 4.79 Å². The molecular weight excluding hydrogens is 248 g/mol. The van der Waals surface area contributed by atoms with Crippen LogP contribution in [-0.4, -0.2) is 29.5 Å². The summed E-state index contributed by atoms with van der Waals surface area (Å²) in [7, 11) is 3.10. The Hall–Kier alpha value is -2.34. The first-order chi connectivity index (χ1) is 9.19. The van der Waals surface area contributed by atoms with E-state index in [2.05, 4.69) is 10.2 Å².